The van der Waals surface area contributed by atoms with Crippen LogP contribution in [-0.2, 0) is 0 Å². The second-order valence-corrected chi connectivity index (χ2v) is 4.49. The van der Waals surface area contributed by atoms with Crippen molar-refractivity contribution in [3.63, 3.8) is 0 Å². The van der Waals surface area contributed by atoms with E-state index in [2.05, 4.69) is 43.2 Å². The zero-order chi connectivity index (χ0) is 12.8. The van der Waals surface area contributed by atoms with E-state index in [-0.39, 0.29) is 0 Å². The minimum atomic E-state index is 0.430. The van der Waals surface area contributed by atoms with Gasteiger partial charge in [0.15, 0.2) is 0 Å². The largest absolute Gasteiger partial charge is 0.234 e. The summed E-state index contributed by atoms with van der Waals surface area (Å²) in [6.07, 6.45) is 1.96. The molecule has 2 rings (SSSR count). The van der Waals surface area contributed by atoms with Gasteiger partial charge in [-0.25, -0.2) is 5.01 Å². The first-order valence-electron chi connectivity index (χ1n) is 6.21. The predicted octanol–water partition coefficient (Wildman–Crippen LogP) is 4.47. The van der Waals surface area contributed by atoms with Crippen LogP contribution in [0.2, 0.25) is 0 Å². The van der Waals surface area contributed by atoms with E-state index in [1.54, 1.807) is 0 Å². The second kappa shape index (κ2) is 6.01. The molecule has 0 bridgehead atoms. The van der Waals surface area contributed by atoms with Gasteiger partial charge in [0.2, 0.25) is 0 Å². The van der Waals surface area contributed by atoms with Crippen molar-refractivity contribution in [2.75, 3.05) is 5.01 Å². The molecule has 0 aliphatic rings. The summed E-state index contributed by atoms with van der Waals surface area (Å²) in [5.41, 5.74) is 2.14. The van der Waals surface area contributed by atoms with Gasteiger partial charge in [0, 0.05) is 6.21 Å². The number of para-hydroxylation sites is 2. The number of hydrogen-bond donors (Lipinski definition) is 0. The number of nitrogens with zero attached hydrogens (tertiary/aromatic N) is 2. The van der Waals surface area contributed by atoms with E-state index < -0.39 is 0 Å². The van der Waals surface area contributed by atoms with E-state index in [0.29, 0.717) is 5.92 Å². The standard InChI is InChI=1S/C16H18N2/c1-14(2)13-17-18(15-9-5-3-6-10-15)16-11-7-4-8-12-16/h3-14H,1-2H3. The maximum atomic E-state index is 4.57. The Balaban J connectivity index is 2.35. The Bertz CT molecular complexity index is 450. The maximum Gasteiger partial charge on any atom is 0.0652 e. The third kappa shape index (κ3) is 3.20. The number of hydrogen-bond acceptors (Lipinski definition) is 2. The van der Waals surface area contributed by atoms with Gasteiger partial charge in [-0.1, -0.05) is 50.2 Å². The molecule has 0 aliphatic carbocycles. The van der Waals surface area contributed by atoms with Gasteiger partial charge in [0.05, 0.1) is 11.4 Å². The fourth-order valence-electron chi connectivity index (χ4n) is 1.62. The lowest BCUT2D eigenvalue weighted by Crippen LogP contribution is -2.10. The lowest BCUT2D eigenvalue weighted by Gasteiger charge is -2.19. The van der Waals surface area contributed by atoms with Crippen molar-refractivity contribution in [2.24, 2.45) is 11.0 Å². The summed E-state index contributed by atoms with van der Waals surface area (Å²) in [5, 5.41) is 6.53. The Morgan fingerprint density at radius 1 is 0.833 bits per heavy atom. The average molecular weight is 238 g/mol. The fourth-order valence-corrected chi connectivity index (χ4v) is 1.62. The smallest absolute Gasteiger partial charge is 0.0652 e. The lowest BCUT2D eigenvalue weighted by molar-refractivity contribution is 0.894. The highest BCUT2D eigenvalue weighted by atomic mass is 15.5. The first kappa shape index (κ1) is 12.4. The maximum absolute atomic E-state index is 4.57. The van der Waals surface area contributed by atoms with Crippen LogP contribution in [0.5, 0.6) is 0 Å². The number of benzene rings is 2. The molecule has 0 unspecified atom stereocenters. The van der Waals surface area contributed by atoms with Gasteiger partial charge in [-0.05, 0) is 30.2 Å². The van der Waals surface area contributed by atoms with Crippen molar-refractivity contribution in [2.45, 2.75) is 13.8 Å². The molecular formula is C16H18N2. The Kier molecular flexibility index (Phi) is 4.13. The molecule has 0 heterocycles. The van der Waals surface area contributed by atoms with Gasteiger partial charge in [-0.2, -0.15) is 5.10 Å². The summed E-state index contributed by atoms with van der Waals surface area (Å²) in [4.78, 5) is 0. The van der Waals surface area contributed by atoms with Crippen LogP contribution < -0.4 is 5.01 Å². The summed E-state index contributed by atoms with van der Waals surface area (Å²) in [6.45, 7) is 4.25. The Hall–Kier alpha value is -2.09. The van der Waals surface area contributed by atoms with Crippen molar-refractivity contribution in [3.8, 4) is 0 Å². The summed E-state index contributed by atoms with van der Waals surface area (Å²) in [5.74, 6) is 0.430. The molecule has 2 aromatic rings. The van der Waals surface area contributed by atoms with E-state index in [1.165, 1.54) is 0 Å². The van der Waals surface area contributed by atoms with E-state index >= 15 is 0 Å². The average Bonchev–Trinajstić information content (AvgIpc) is 2.41. The molecule has 0 amide bonds. The molecule has 0 saturated heterocycles. The summed E-state index contributed by atoms with van der Waals surface area (Å²) >= 11 is 0. The van der Waals surface area contributed by atoms with E-state index in [0.717, 1.165) is 11.4 Å². The van der Waals surface area contributed by atoms with Crippen molar-refractivity contribution in [3.05, 3.63) is 60.7 Å². The third-order valence-electron chi connectivity index (χ3n) is 2.48. The van der Waals surface area contributed by atoms with Crippen LogP contribution in [0.4, 0.5) is 11.4 Å². The molecule has 2 nitrogen and oxygen atoms in total. The molecule has 0 aromatic heterocycles. The van der Waals surface area contributed by atoms with Crippen molar-refractivity contribution >= 4 is 17.6 Å². The minimum absolute atomic E-state index is 0.430. The van der Waals surface area contributed by atoms with Gasteiger partial charge in [0.25, 0.3) is 0 Å². The highest BCUT2D eigenvalue weighted by Gasteiger charge is 2.06. The first-order chi connectivity index (χ1) is 8.77. The molecule has 0 radical (unpaired) electrons. The summed E-state index contributed by atoms with van der Waals surface area (Å²) in [6, 6.07) is 20.4. The second-order valence-electron chi connectivity index (χ2n) is 4.49. The zero-order valence-electron chi connectivity index (χ0n) is 10.8. The predicted molar refractivity (Wildman–Crippen MR) is 78.4 cm³/mol. The van der Waals surface area contributed by atoms with Crippen LogP contribution in [0, 0.1) is 5.92 Å². The van der Waals surface area contributed by atoms with Gasteiger partial charge in [-0.3, -0.25) is 0 Å². The van der Waals surface area contributed by atoms with Gasteiger partial charge in [-0.15, -0.1) is 0 Å². The molecular weight excluding hydrogens is 220 g/mol. The molecule has 18 heavy (non-hydrogen) atoms. The molecule has 2 aromatic carbocycles. The Labute approximate surface area is 109 Å². The van der Waals surface area contributed by atoms with Crippen molar-refractivity contribution in [1.82, 2.24) is 0 Å². The van der Waals surface area contributed by atoms with Gasteiger partial charge < -0.3 is 0 Å². The Morgan fingerprint density at radius 3 is 1.67 bits per heavy atom. The molecule has 0 atom stereocenters. The Morgan fingerprint density at radius 2 is 1.28 bits per heavy atom. The quantitative estimate of drug-likeness (QED) is 0.567. The van der Waals surface area contributed by atoms with E-state index in [1.807, 2.05) is 47.6 Å². The van der Waals surface area contributed by atoms with Gasteiger partial charge >= 0.3 is 0 Å². The highest BCUT2D eigenvalue weighted by Crippen LogP contribution is 2.24. The molecule has 2 heteroatoms. The number of hydrazone groups is 1. The van der Waals surface area contributed by atoms with E-state index in [4.69, 9.17) is 0 Å². The van der Waals surface area contributed by atoms with Crippen LogP contribution in [0.1, 0.15) is 13.8 Å². The van der Waals surface area contributed by atoms with Crippen LogP contribution in [-0.4, -0.2) is 6.21 Å². The first-order valence-corrected chi connectivity index (χ1v) is 6.21. The lowest BCUT2D eigenvalue weighted by atomic mass is 10.2. The molecule has 0 spiro atoms. The summed E-state index contributed by atoms with van der Waals surface area (Å²) < 4.78 is 0. The normalized spacial score (nSPS) is 11.1. The van der Waals surface area contributed by atoms with Crippen LogP contribution in [0.3, 0.4) is 0 Å². The van der Waals surface area contributed by atoms with Crippen molar-refractivity contribution in [1.29, 1.82) is 0 Å². The van der Waals surface area contributed by atoms with E-state index in [9.17, 15) is 0 Å². The number of anilines is 2. The SMILES string of the molecule is CC(C)C=NN(c1ccccc1)c1ccccc1. The molecule has 92 valence electrons. The molecule has 0 N–H and O–H groups in total. The van der Waals surface area contributed by atoms with Crippen molar-refractivity contribution < 1.29 is 0 Å². The van der Waals surface area contributed by atoms with Crippen LogP contribution in [0.25, 0.3) is 0 Å². The van der Waals surface area contributed by atoms with Crippen LogP contribution >= 0.6 is 0 Å². The highest BCUT2D eigenvalue weighted by molar-refractivity contribution is 5.68. The summed E-state index contributed by atoms with van der Waals surface area (Å²) in [7, 11) is 0. The van der Waals surface area contributed by atoms with Crippen LogP contribution in [0.15, 0.2) is 65.8 Å². The minimum Gasteiger partial charge on any atom is -0.234 e. The number of rotatable bonds is 4. The fraction of sp³-hybridized carbons (Fsp3) is 0.188. The molecule has 0 fully saturated rings. The zero-order valence-corrected chi connectivity index (χ0v) is 10.8. The third-order valence-corrected chi connectivity index (χ3v) is 2.48. The molecule has 0 saturated carbocycles. The topological polar surface area (TPSA) is 15.6 Å². The molecule has 0 aliphatic heterocycles. The monoisotopic (exact) mass is 238 g/mol. The van der Waals surface area contributed by atoms with Gasteiger partial charge in [0.1, 0.15) is 0 Å².